The lowest BCUT2D eigenvalue weighted by molar-refractivity contribution is 0.348. The van der Waals surface area contributed by atoms with Gasteiger partial charge in [0.25, 0.3) is 0 Å². The fourth-order valence-electron chi connectivity index (χ4n) is 1.56. The van der Waals surface area contributed by atoms with Crippen molar-refractivity contribution in [1.82, 2.24) is 0 Å². The van der Waals surface area contributed by atoms with E-state index in [0.29, 0.717) is 11.7 Å². The van der Waals surface area contributed by atoms with E-state index in [0.717, 1.165) is 11.1 Å². The van der Waals surface area contributed by atoms with Crippen molar-refractivity contribution in [3.8, 4) is 5.75 Å². The van der Waals surface area contributed by atoms with Gasteiger partial charge in [-0.25, -0.2) is 0 Å². The predicted molar refractivity (Wildman–Crippen MR) is 59.2 cm³/mol. The van der Waals surface area contributed by atoms with Gasteiger partial charge >= 0.3 is 0 Å². The second-order valence-electron chi connectivity index (χ2n) is 4.44. The Bertz CT molecular complexity index is 329. The van der Waals surface area contributed by atoms with E-state index in [1.54, 1.807) is 12.1 Å². The summed E-state index contributed by atoms with van der Waals surface area (Å²) in [7, 11) is 0. The summed E-state index contributed by atoms with van der Waals surface area (Å²) >= 11 is 0. The van der Waals surface area contributed by atoms with Gasteiger partial charge in [0.05, 0.1) is 0 Å². The number of aryl methyl sites for hydroxylation is 1. The summed E-state index contributed by atoms with van der Waals surface area (Å²) in [5.74, 6) is 0.663. The second-order valence-corrected chi connectivity index (χ2v) is 4.44. The maximum absolute atomic E-state index is 9.30. The van der Waals surface area contributed by atoms with Gasteiger partial charge in [-0.05, 0) is 43.0 Å². The molecular formula is C12H19NO. The molecule has 0 aromatic heterocycles. The average Bonchev–Trinajstić information content (AvgIpc) is 2.02. The van der Waals surface area contributed by atoms with Gasteiger partial charge in [0.1, 0.15) is 5.75 Å². The molecule has 0 fully saturated rings. The maximum atomic E-state index is 9.30. The van der Waals surface area contributed by atoms with E-state index in [-0.39, 0.29) is 5.54 Å². The van der Waals surface area contributed by atoms with Crippen LogP contribution in [0.15, 0.2) is 18.2 Å². The predicted octanol–water partition coefficient (Wildman–Crippen LogP) is 2.53. The highest BCUT2D eigenvalue weighted by molar-refractivity contribution is 5.38. The summed E-state index contributed by atoms with van der Waals surface area (Å²) in [6.07, 6.45) is 0. The van der Waals surface area contributed by atoms with Crippen molar-refractivity contribution in [3.05, 3.63) is 29.3 Å². The monoisotopic (exact) mass is 193 g/mol. The van der Waals surface area contributed by atoms with Gasteiger partial charge in [0, 0.05) is 5.54 Å². The van der Waals surface area contributed by atoms with Crippen molar-refractivity contribution < 1.29 is 5.11 Å². The molecule has 0 amide bonds. The zero-order valence-corrected chi connectivity index (χ0v) is 9.33. The van der Waals surface area contributed by atoms with Crippen LogP contribution in [0.2, 0.25) is 0 Å². The number of nitrogens with two attached hydrogens (primary N) is 1. The Kier molecular flexibility index (Phi) is 2.86. The molecule has 1 unspecified atom stereocenters. The van der Waals surface area contributed by atoms with Crippen LogP contribution in [0, 0.1) is 12.8 Å². The standard InChI is InChI=1S/C12H19NO/c1-8(2)12(4,13)11-6-5-10(14)7-9(11)3/h5-8,14H,13H2,1-4H3. The Morgan fingerprint density at radius 2 is 1.93 bits per heavy atom. The van der Waals surface area contributed by atoms with Gasteiger partial charge in [-0.2, -0.15) is 0 Å². The Labute approximate surface area is 85.8 Å². The quantitative estimate of drug-likeness (QED) is 0.758. The lowest BCUT2D eigenvalue weighted by atomic mass is 9.80. The molecule has 2 heteroatoms. The molecule has 0 bridgehead atoms. The van der Waals surface area contributed by atoms with Crippen molar-refractivity contribution in [2.75, 3.05) is 0 Å². The number of hydrogen-bond donors (Lipinski definition) is 2. The Morgan fingerprint density at radius 1 is 1.36 bits per heavy atom. The third-order valence-electron chi connectivity index (χ3n) is 2.99. The van der Waals surface area contributed by atoms with Crippen LogP contribution in [0.5, 0.6) is 5.75 Å². The highest BCUT2D eigenvalue weighted by Gasteiger charge is 2.26. The van der Waals surface area contributed by atoms with Crippen LogP contribution in [-0.4, -0.2) is 5.11 Å². The van der Waals surface area contributed by atoms with Crippen LogP contribution >= 0.6 is 0 Å². The molecule has 0 aliphatic rings. The molecule has 0 radical (unpaired) electrons. The van der Waals surface area contributed by atoms with E-state index in [2.05, 4.69) is 13.8 Å². The van der Waals surface area contributed by atoms with Crippen LogP contribution in [0.4, 0.5) is 0 Å². The van der Waals surface area contributed by atoms with E-state index < -0.39 is 0 Å². The SMILES string of the molecule is Cc1cc(O)ccc1C(C)(N)C(C)C. The van der Waals surface area contributed by atoms with Gasteiger partial charge < -0.3 is 10.8 Å². The smallest absolute Gasteiger partial charge is 0.115 e. The van der Waals surface area contributed by atoms with Crippen molar-refractivity contribution in [2.45, 2.75) is 33.2 Å². The topological polar surface area (TPSA) is 46.2 Å². The first-order valence-electron chi connectivity index (χ1n) is 4.94. The van der Waals surface area contributed by atoms with Crippen molar-refractivity contribution in [3.63, 3.8) is 0 Å². The zero-order chi connectivity index (χ0) is 10.9. The summed E-state index contributed by atoms with van der Waals surface area (Å²) in [6, 6.07) is 5.35. The van der Waals surface area contributed by atoms with Gasteiger partial charge in [0.15, 0.2) is 0 Å². The second kappa shape index (κ2) is 3.62. The molecule has 0 spiro atoms. The lowest BCUT2D eigenvalue weighted by Crippen LogP contribution is -2.39. The lowest BCUT2D eigenvalue weighted by Gasteiger charge is -2.31. The summed E-state index contributed by atoms with van der Waals surface area (Å²) in [5.41, 5.74) is 8.06. The summed E-state index contributed by atoms with van der Waals surface area (Å²) < 4.78 is 0. The minimum atomic E-state index is -0.336. The molecular weight excluding hydrogens is 174 g/mol. The molecule has 1 atom stereocenters. The maximum Gasteiger partial charge on any atom is 0.115 e. The molecule has 14 heavy (non-hydrogen) atoms. The molecule has 0 aliphatic heterocycles. The highest BCUT2D eigenvalue weighted by atomic mass is 16.3. The number of benzene rings is 1. The van der Waals surface area contributed by atoms with Gasteiger partial charge in [0.2, 0.25) is 0 Å². The van der Waals surface area contributed by atoms with Crippen LogP contribution in [0.3, 0.4) is 0 Å². The van der Waals surface area contributed by atoms with E-state index in [4.69, 9.17) is 5.73 Å². The summed E-state index contributed by atoms with van der Waals surface area (Å²) in [6.45, 7) is 8.21. The number of aromatic hydroxyl groups is 1. The average molecular weight is 193 g/mol. The number of hydrogen-bond acceptors (Lipinski definition) is 2. The first kappa shape index (κ1) is 11.1. The van der Waals surface area contributed by atoms with Gasteiger partial charge in [-0.15, -0.1) is 0 Å². The minimum Gasteiger partial charge on any atom is -0.508 e. The first-order chi connectivity index (χ1) is 6.35. The normalized spacial score (nSPS) is 15.6. The Morgan fingerprint density at radius 3 is 2.36 bits per heavy atom. The summed E-state index contributed by atoms with van der Waals surface area (Å²) in [5, 5.41) is 9.30. The van der Waals surface area contributed by atoms with Crippen LogP contribution in [-0.2, 0) is 5.54 Å². The molecule has 78 valence electrons. The Balaban J connectivity index is 3.19. The van der Waals surface area contributed by atoms with E-state index >= 15 is 0 Å². The molecule has 0 saturated heterocycles. The van der Waals surface area contributed by atoms with Crippen LogP contribution in [0.25, 0.3) is 0 Å². The molecule has 1 rings (SSSR count). The van der Waals surface area contributed by atoms with Crippen molar-refractivity contribution in [1.29, 1.82) is 0 Å². The van der Waals surface area contributed by atoms with Crippen molar-refractivity contribution >= 4 is 0 Å². The fraction of sp³-hybridized carbons (Fsp3) is 0.500. The molecule has 0 aliphatic carbocycles. The van der Waals surface area contributed by atoms with E-state index in [1.165, 1.54) is 0 Å². The third-order valence-corrected chi connectivity index (χ3v) is 2.99. The Hall–Kier alpha value is -1.02. The highest BCUT2D eigenvalue weighted by Crippen LogP contribution is 2.30. The van der Waals surface area contributed by atoms with Gasteiger partial charge in [-0.1, -0.05) is 19.9 Å². The zero-order valence-electron chi connectivity index (χ0n) is 9.33. The molecule has 0 saturated carbocycles. The fourth-order valence-corrected chi connectivity index (χ4v) is 1.56. The molecule has 1 aromatic rings. The number of phenolic OH excluding ortho intramolecular Hbond substituents is 1. The van der Waals surface area contributed by atoms with Crippen LogP contribution in [0.1, 0.15) is 31.9 Å². The molecule has 2 nitrogen and oxygen atoms in total. The largest absolute Gasteiger partial charge is 0.508 e. The minimum absolute atomic E-state index is 0.297. The summed E-state index contributed by atoms with van der Waals surface area (Å²) in [4.78, 5) is 0. The molecule has 3 N–H and O–H groups in total. The number of phenols is 1. The van der Waals surface area contributed by atoms with Crippen LogP contribution < -0.4 is 5.73 Å². The van der Waals surface area contributed by atoms with E-state index in [9.17, 15) is 5.11 Å². The van der Waals surface area contributed by atoms with Gasteiger partial charge in [-0.3, -0.25) is 0 Å². The molecule has 1 aromatic carbocycles. The third kappa shape index (κ3) is 1.90. The first-order valence-corrected chi connectivity index (χ1v) is 4.94. The van der Waals surface area contributed by atoms with Crippen molar-refractivity contribution in [2.24, 2.45) is 11.7 Å². The number of rotatable bonds is 2. The van der Waals surface area contributed by atoms with E-state index in [1.807, 2.05) is 19.9 Å². The molecule has 0 heterocycles.